The van der Waals surface area contributed by atoms with Crippen molar-refractivity contribution in [1.29, 1.82) is 0 Å². The average molecular weight is 378 g/mol. The fourth-order valence-corrected chi connectivity index (χ4v) is 3.34. The third-order valence-corrected chi connectivity index (χ3v) is 4.76. The monoisotopic (exact) mass is 378 g/mol. The van der Waals surface area contributed by atoms with Gasteiger partial charge in [-0.1, -0.05) is 72.8 Å². The highest BCUT2D eigenvalue weighted by Gasteiger charge is 2.08. The zero-order valence-corrected chi connectivity index (χ0v) is 15.6. The number of nitrogens with zero attached hydrogens (tertiary/aromatic N) is 4. The fraction of sp³-hybridized carbons (Fsp3) is 0.0435. The van der Waals surface area contributed by atoms with Gasteiger partial charge in [-0.25, -0.2) is 4.98 Å². The molecule has 0 atom stereocenters. The summed E-state index contributed by atoms with van der Waals surface area (Å²) in [6, 6.07) is 26.5. The van der Waals surface area contributed by atoms with E-state index in [2.05, 4.69) is 55.0 Å². The summed E-state index contributed by atoms with van der Waals surface area (Å²) < 4.78 is 0. The molecule has 0 radical (unpaired) electrons. The summed E-state index contributed by atoms with van der Waals surface area (Å²) in [5.41, 5.74) is 4.75. The van der Waals surface area contributed by atoms with E-state index in [0.29, 0.717) is 12.5 Å². The lowest BCUT2D eigenvalue weighted by Gasteiger charge is -2.07. The van der Waals surface area contributed by atoms with Gasteiger partial charge >= 0.3 is 0 Å². The van der Waals surface area contributed by atoms with Crippen molar-refractivity contribution in [3.8, 4) is 22.5 Å². The Morgan fingerprint density at radius 3 is 2.59 bits per heavy atom. The second-order valence-corrected chi connectivity index (χ2v) is 6.69. The highest BCUT2D eigenvalue weighted by atomic mass is 15.2. The highest BCUT2D eigenvalue weighted by molar-refractivity contribution is 5.95. The second-order valence-electron chi connectivity index (χ2n) is 6.69. The minimum absolute atomic E-state index is 0.478. The van der Waals surface area contributed by atoms with Crippen LogP contribution in [0, 0.1) is 0 Å². The fourth-order valence-electron chi connectivity index (χ4n) is 3.34. The summed E-state index contributed by atoms with van der Waals surface area (Å²) in [6.45, 7) is 0.528. The molecule has 0 aliphatic heterocycles. The zero-order chi connectivity index (χ0) is 19.5. The first-order chi connectivity index (χ1) is 14.4. The number of aromatic nitrogens is 5. The first-order valence-corrected chi connectivity index (χ1v) is 9.38. The molecule has 3 aromatic carbocycles. The Kier molecular flexibility index (Phi) is 4.42. The SMILES string of the molecule is c1ccc(-c2cc(CNc3nncc(-c4cccc5ccccc45)n3)[nH]n2)cc1. The van der Waals surface area contributed by atoms with Gasteiger partial charge in [-0.15, -0.1) is 5.10 Å². The van der Waals surface area contributed by atoms with E-state index in [4.69, 9.17) is 0 Å². The van der Waals surface area contributed by atoms with Gasteiger partial charge in [-0.05, 0) is 16.8 Å². The summed E-state index contributed by atoms with van der Waals surface area (Å²) in [6.07, 6.45) is 1.69. The van der Waals surface area contributed by atoms with Crippen molar-refractivity contribution in [3.05, 3.63) is 90.8 Å². The number of fused-ring (bicyclic) bond motifs is 1. The Hall–Kier alpha value is -4.06. The van der Waals surface area contributed by atoms with Gasteiger partial charge in [-0.3, -0.25) is 5.10 Å². The summed E-state index contributed by atoms with van der Waals surface area (Å²) in [7, 11) is 0. The van der Waals surface area contributed by atoms with E-state index >= 15 is 0 Å². The van der Waals surface area contributed by atoms with E-state index in [-0.39, 0.29) is 0 Å². The number of aromatic amines is 1. The normalized spacial score (nSPS) is 10.9. The van der Waals surface area contributed by atoms with Crippen molar-refractivity contribution in [2.24, 2.45) is 0 Å². The van der Waals surface area contributed by atoms with Crippen LogP contribution >= 0.6 is 0 Å². The first-order valence-electron chi connectivity index (χ1n) is 9.38. The molecule has 29 heavy (non-hydrogen) atoms. The van der Waals surface area contributed by atoms with Gasteiger partial charge in [0.1, 0.15) is 0 Å². The van der Waals surface area contributed by atoms with Crippen LogP contribution in [0.5, 0.6) is 0 Å². The Morgan fingerprint density at radius 1 is 0.828 bits per heavy atom. The summed E-state index contributed by atoms with van der Waals surface area (Å²) in [5, 5.41) is 21.2. The number of H-pyrrole nitrogens is 1. The Bertz CT molecular complexity index is 1260. The molecule has 140 valence electrons. The quantitative estimate of drug-likeness (QED) is 0.464. The topological polar surface area (TPSA) is 79.4 Å². The predicted molar refractivity (Wildman–Crippen MR) is 114 cm³/mol. The number of rotatable bonds is 5. The molecule has 0 saturated heterocycles. The van der Waals surface area contributed by atoms with E-state index in [1.54, 1.807) is 6.20 Å². The van der Waals surface area contributed by atoms with Gasteiger partial charge in [0.15, 0.2) is 0 Å². The molecule has 5 rings (SSSR count). The van der Waals surface area contributed by atoms with Crippen LogP contribution < -0.4 is 5.32 Å². The van der Waals surface area contributed by atoms with Crippen molar-refractivity contribution in [3.63, 3.8) is 0 Å². The molecule has 0 unspecified atom stereocenters. The molecule has 0 bridgehead atoms. The average Bonchev–Trinajstić information content (AvgIpc) is 3.27. The van der Waals surface area contributed by atoms with Gasteiger partial charge < -0.3 is 5.32 Å². The summed E-state index contributed by atoms with van der Waals surface area (Å²) >= 11 is 0. The van der Waals surface area contributed by atoms with Crippen molar-refractivity contribution < 1.29 is 0 Å². The molecular weight excluding hydrogens is 360 g/mol. The maximum atomic E-state index is 4.65. The molecule has 2 aromatic heterocycles. The molecule has 0 spiro atoms. The molecule has 6 heteroatoms. The summed E-state index contributed by atoms with van der Waals surface area (Å²) in [5.74, 6) is 0.478. The molecule has 0 saturated carbocycles. The van der Waals surface area contributed by atoms with Crippen molar-refractivity contribution in [2.75, 3.05) is 5.32 Å². The van der Waals surface area contributed by atoms with Crippen molar-refractivity contribution in [1.82, 2.24) is 25.4 Å². The van der Waals surface area contributed by atoms with Gasteiger partial charge in [0.05, 0.1) is 29.8 Å². The molecule has 5 aromatic rings. The van der Waals surface area contributed by atoms with Gasteiger partial charge in [0.2, 0.25) is 5.95 Å². The predicted octanol–water partition coefficient (Wildman–Crippen LogP) is 4.69. The van der Waals surface area contributed by atoms with Crippen LogP contribution in [0.1, 0.15) is 5.69 Å². The standard InChI is InChI=1S/C23H18N6/c1-2-8-17(9-3-1)21-13-18(27-28-21)14-24-23-26-22(15-25-29-23)20-12-6-10-16-7-4-5-11-19(16)20/h1-13,15H,14H2,(H,27,28)(H,24,26,29). The third-order valence-electron chi connectivity index (χ3n) is 4.76. The van der Waals surface area contributed by atoms with E-state index < -0.39 is 0 Å². The number of nitrogens with one attached hydrogen (secondary N) is 2. The van der Waals surface area contributed by atoms with E-state index in [9.17, 15) is 0 Å². The number of anilines is 1. The van der Waals surface area contributed by atoms with Gasteiger partial charge in [-0.2, -0.15) is 10.2 Å². The lowest BCUT2D eigenvalue weighted by Crippen LogP contribution is -2.05. The Balaban J connectivity index is 1.36. The number of benzene rings is 3. The molecule has 0 amide bonds. The summed E-state index contributed by atoms with van der Waals surface area (Å²) in [4.78, 5) is 4.65. The Labute approximate surface area is 167 Å². The van der Waals surface area contributed by atoms with E-state index in [1.807, 2.05) is 54.6 Å². The second kappa shape index (κ2) is 7.52. The maximum absolute atomic E-state index is 4.65. The lowest BCUT2D eigenvalue weighted by molar-refractivity contribution is 0.923. The van der Waals surface area contributed by atoms with Crippen LogP contribution in [0.3, 0.4) is 0 Å². The minimum Gasteiger partial charge on any atom is -0.347 e. The molecule has 2 N–H and O–H groups in total. The number of hydrogen-bond acceptors (Lipinski definition) is 5. The van der Waals surface area contributed by atoms with E-state index in [0.717, 1.165) is 33.6 Å². The van der Waals surface area contributed by atoms with Gasteiger partial charge in [0, 0.05) is 11.1 Å². The van der Waals surface area contributed by atoms with Crippen molar-refractivity contribution >= 4 is 16.7 Å². The smallest absolute Gasteiger partial charge is 0.243 e. The van der Waals surface area contributed by atoms with Crippen LogP contribution in [-0.4, -0.2) is 25.4 Å². The van der Waals surface area contributed by atoms with Crippen LogP contribution in [0.4, 0.5) is 5.95 Å². The van der Waals surface area contributed by atoms with Gasteiger partial charge in [0.25, 0.3) is 0 Å². The molecule has 6 nitrogen and oxygen atoms in total. The van der Waals surface area contributed by atoms with Crippen LogP contribution in [0.15, 0.2) is 85.1 Å². The van der Waals surface area contributed by atoms with Crippen LogP contribution in [0.25, 0.3) is 33.3 Å². The van der Waals surface area contributed by atoms with E-state index in [1.165, 1.54) is 5.39 Å². The third kappa shape index (κ3) is 3.55. The van der Waals surface area contributed by atoms with Crippen LogP contribution in [0.2, 0.25) is 0 Å². The zero-order valence-electron chi connectivity index (χ0n) is 15.6. The molecular formula is C23H18N6. The Morgan fingerprint density at radius 2 is 1.66 bits per heavy atom. The van der Waals surface area contributed by atoms with Crippen LogP contribution in [-0.2, 0) is 6.54 Å². The minimum atomic E-state index is 0.478. The maximum Gasteiger partial charge on any atom is 0.243 e. The molecule has 2 heterocycles. The highest BCUT2D eigenvalue weighted by Crippen LogP contribution is 2.27. The molecule has 0 fully saturated rings. The first kappa shape index (κ1) is 17.1. The molecule has 0 aliphatic rings. The largest absolute Gasteiger partial charge is 0.347 e. The van der Waals surface area contributed by atoms with Crippen molar-refractivity contribution in [2.45, 2.75) is 6.54 Å². The molecule has 0 aliphatic carbocycles. The lowest BCUT2D eigenvalue weighted by atomic mass is 10.0. The number of hydrogen-bond donors (Lipinski definition) is 2.